The van der Waals surface area contributed by atoms with Crippen molar-refractivity contribution in [2.75, 3.05) is 46.6 Å². The number of nitrogens with one attached hydrogen (secondary N) is 1. The molecule has 1 spiro atoms. The summed E-state index contributed by atoms with van der Waals surface area (Å²) < 4.78 is 97.7. The Labute approximate surface area is 284 Å². The number of aliphatic hydroxyl groups is 2. The summed E-state index contributed by atoms with van der Waals surface area (Å²) >= 11 is 0. The second kappa shape index (κ2) is 14.9. The van der Waals surface area contributed by atoms with Crippen molar-refractivity contribution in [1.82, 2.24) is 9.62 Å². The van der Waals surface area contributed by atoms with Crippen molar-refractivity contribution < 1.29 is 50.0 Å². The predicted octanol–water partition coefficient (Wildman–Crippen LogP) is 2.52. The smallest absolute Gasteiger partial charge is 0.372 e. The summed E-state index contributed by atoms with van der Waals surface area (Å²) in [5.74, 6) is 0.517. The first-order chi connectivity index (χ1) is 23.2. The zero-order valence-electron chi connectivity index (χ0n) is 26.9. The van der Waals surface area contributed by atoms with Gasteiger partial charge in [-0.05, 0) is 66.8 Å². The number of nitrogens with two attached hydrogens (primary N) is 1. The minimum absolute atomic E-state index is 0.0363. The fourth-order valence-electron chi connectivity index (χ4n) is 6.04. The monoisotopic (exact) mass is 725 g/mol. The Morgan fingerprint density at radius 1 is 1.06 bits per heavy atom. The Balaban J connectivity index is 1.13. The Morgan fingerprint density at radius 3 is 2.43 bits per heavy atom. The molecule has 0 saturated carbocycles. The van der Waals surface area contributed by atoms with Crippen LogP contribution in [0.2, 0.25) is 0 Å². The molecule has 49 heavy (non-hydrogen) atoms. The highest BCUT2D eigenvalue weighted by molar-refractivity contribution is 7.92. The molecule has 16 heteroatoms. The van der Waals surface area contributed by atoms with Gasteiger partial charge in [0.2, 0.25) is 19.9 Å². The number of sulfonamides is 1. The first-order valence-electron chi connectivity index (χ1n) is 15.7. The number of sulfone groups is 1. The third-order valence-corrected chi connectivity index (χ3v) is 12.6. The van der Waals surface area contributed by atoms with Gasteiger partial charge in [-0.25, -0.2) is 16.8 Å². The first-order valence-corrected chi connectivity index (χ1v) is 18.6. The molecule has 3 aromatic carbocycles. The maximum absolute atomic E-state index is 13.7. The van der Waals surface area contributed by atoms with Gasteiger partial charge in [0, 0.05) is 37.8 Å². The minimum Gasteiger partial charge on any atom is -0.496 e. The molecule has 2 fully saturated rings. The van der Waals surface area contributed by atoms with E-state index in [2.05, 4.69) is 5.32 Å². The van der Waals surface area contributed by atoms with Gasteiger partial charge >= 0.3 is 5.25 Å². The molecule has 268 valence electrons. The van der Waals surface area contributed by atoms with Crippen molar-refractivity contribution in [3.63, 3.8) is 0 Å². The number of rotatable bonds is 14. The summed E-state index contributed by atoms with van der Waals surface area (Å²) in [6.45, 7) is -0.678. The molecule has 0 aromatic heterocycles. The normalized spacial score (nSPS) is 19.2. The molecule has 2 atom stereocenters. The van der Waals surface area contributed by atoms with E-state index in [-0.39, 0.29) is 42.9 Å². The van der Waals surface area contributed by atoms with Gasteiger partial charge in [0.15, 0.2) is 0 Å². The van der Waals surface area contributed by atoms with E-state index in [4.69, 9.17) is 25.1 Å². The van der Waals surface area contributed by atoms with Gasteiger partial charge in [0.05, 0.1) is 29.1 Å². The zero-order chi connectivity index (χ0) is 35.5. The lowest BCUT2D eigenvalue weighted by Gasteiger charge is -2.38. The summed E-state index contributed by atoms with van der Waals surface area (Å²) in [5.41, 5.74) is 7.63. The maximum Gasteiger partial charge on any atom is 0.372 e. The molecule has 2 heterocycles. The number of hydrogen-bond acceptors (Lipinski definition) is 11. The number of nitrogens with zero attached hydrogens (tertiary/aromatic N) is 1. The molecule has 3 aromatic rings. The van der Waals surface area contributed by atoms with Crippen LogP contribution in [0.5, 0.6) is 11.5 Å². The number of ether oxygens (including phenoxy) is 3. The SMILES string of the molecule is COc1ccc(S(=O)(=O)N2CCC3(CC2)C[C@H](NCC(O)COc2cccc(S(=O)(=O)C(F)(F)CO)c2)CO3)cc1-c1ccc(CN)cc1. The van der Waals surface area contributed by atoms with Crippen LogP contribution in [0.25, 0.3) is 11.1 Å². The molecule has 2 aliphatic rings. The van der Waals surface area contributed by atoms with Crippen molar-refractivity contribution in [3.05, 3.63) is 72.3 Å². The van der Waals surface area contributed by atoms with Crippen molar-refractivity contribution in [3.8, 4) is 22.6 Å². The summed E-state index contributed by atoms with van der Waals surface area (Å²) in [4.78, 5) is -0.548. The molecular formula is C33H41F2N3O9S2. The lowest BCUT2D eigenvalue weighted by Crippen LogP contribution is -2.47. The summed E-state index contributed by atoms with van der Waals surface area (Å²) in [5, 5.41) is 18.1. The summed E-state index contributed by atoms with van der Waals surface area (Å²) in [7, 11) is -7.39. The fraction of sp³-hybridized carbons (Fsp3) is 0.455. The van der Waals surface area contributed by atoms with Crippen LogP contribution in [0.1, 0.15) is 24.8 Å². The minimum atomic E-state index is -5.12. The van der Waals surface area contributed by atoms with Crippen LogP contribution in [-0.2, 0) is 31.1 Å². The predicted molar refractivity (Wildman–Crippen MR) is 177 cm³/mol. The highest BCUT2D eigenvalue weighted by Gasteiger charge is 2.46. The van der Waals surface area contributed by atoms with Gasteiger partial charge in [-0.1, -0.05) is 30.3 Å². The van der Waals surface area contributed by atoms with Gasteiger partial charge < -0.3 is 35.5 Å². The Hall–Kier alpha value is -3.22. The number of hydrogen-bond donors (Lipinski definition) is 4. The van der Waals surface area contributed by atoms with Crippen molar-refractivity contribution >= 4 is 19.9 Å². The van der Waals surface area contributed by atoms with Gasteiger partial charge in [-0.3, -0.25) is 0 Å². The molecule has 0 radical (unpaired) electrons. The van der Waals surface area contributed by atoms with E-state index in [1.807, 2.05) is 24.3 Å². The quantitative estimate of drug-likeness (QED) is 0.192. The van der Waals surface area contributed by atoms with Crippen LogP contribution in [0, 0.1) is 0 Å². The molecule has 0 bridgehead atoms. The Kier molecular flexibility index (Phi) is 11.3. The molecule has 2 saturated heterocycles. The Morgan fingerprint density at radius 2 is 1.78 bits per heavy atom. The van der Waals surface area contributed by atoms with Gasteiger partial charge in [-0.15, -0.1) is 0 Å². The second-order valence-electron chi connectivity index (χ2n) is 12.2. The summed E-state index contributed by atoms with van der Waals surface area (Å²) in [6, 6.07) is 16.8. The van der Waals surface area contributed by atoms with Crippen LogP contribution in [-0.4, -0.2) is 101 Å². The number of benzene rings is 3. The lowest BCUT2D eigenvalue weighted by molar-refractivity contribution is -0.0312. The van der Waals surface area contributed by atoms with Crippen molar-refractivity contribution in [2.45, 2.75) is 58.6 Å². The van der Waals surface area contributed by atoms with E-state index in [0.29, 0.717) is 43.7 Å². The molecule has 0 amide bonds. The number of halogens is 2. The van der Waals surface area contributed by atoms with E-state index >= 15 is 0 Å². The van der Waals surface area contributed by atoms with Gasteiger partial charge in [-0.2, -0.15) is 13.1 Å². The lowest BCUT2D eigenvalue weighted by atomic mass is 9.88. The molecular weight excluding hydrogens is 685 g/mol. The molecule has 5 N–H and O–H groups in total. The largest absolute Gasteiger partial charge is 0.496 e. The van der Waals surface area contributed by atoms with Crippen LogP contribution >= 0.6 is 0 Å². The highest BCUT2D eigenvalue weighted by Crippen LogP contribution is 2.39. The molecule has 0 aliphatic carbocycles. The average Bonchev–Trinajstić information content (AvgIpc) is 3.51. The number of alkyl halides is 2. The topological polar surface area (TPSA) is 178 Å². The average molecular weight is 726 g/mol. The van der Waals surface area contributed by atoms with Crippen molar-refractivity contribution in [1.29, 1.82) is 0 Å². The number of piperidine rings is 1. The number of aliphatic hydroxyl groups excluding tert-OH is 2. The first kappa shape index (κ1) is 37.0. The molecule has 5 rings (SSSR count). The highest BCUT2D eigenvalue weighted by atomic mass is 32.2. The molecule has 2 aliphatic heterocycles. The van der Waals surface area contributed by atoms with Crippen LogP contribution in [0.15, 0.2) is 76.5 Å². The van der Waals surface area contributed by atoms with Gasteiger partial charge in [0.1, 0.15) is 30.8 Å². The third-order valence-electron chi connectivity index (χ3n) is 8.93. The molecule has 12 nitrogen and oxygen atoms in total. The van der Waals surface area contributed by atoms with Crippen LogP contribution in [0.3, 0.4) is 0 Å². The second-order valence-corrected chi connectivity index (χ2v) is 16.2. The molecule has 1 unspecified atom stereocenters. The van der Waals surface area contributed by atoms with Crippen molar-refractivity contribution in [2.24, 2.45) is 5.73 Å². The van der Waals surface area contributed by atoms with E-state index in [1.165, 1.54) is 23.5 Å². The zero-order valence-corrected chi connectivity index (χ0v) is 28.6. The van der Waals surface area contributed by atoms with Gasteiger partial charge in [0.25, 0.3) is 0 Å². The van der Waals surface area contributed by atoms with E-state index in [1.54, 1.807) is 18.2 Å². The maximum atomic E-state index is 13.7. The van der Waals surface area contributed by atoms with Crippen LogP contribution in [0.4, 0.5) is 8.78 Å². The van der Waals surface area contributed by atoms with Crippen LogP contribution < -0.4 is 20.5 Å². The standard InChI is InChI=1S/C33H41F2N3O9S2/c1-45-31-10-9-29(16-30(31)24-7-5-23(18-36)6-8-24)49(43,44)38-13-11-32(12-14-38)17-25(20-47-32)37-19-26(40)21-46-27-3-2-4-28(15-27)48(41,42)33(34,35)22-39/h2-10,15-16,25-26,37,39-40H,11-14,17-22,36H2,1H3/t25-,26?/m0/s1. The number of methoxy groups -OCH3 is 1. The van der Waals surface area contributed by atoms with E-state index in [0.717, 1.165) is 23.3 Å². The van der Waals surface area contributed by atoms with E-state index < -0.39 is 48.3 Å². The summed E-state index contributed by atoms with van der Waals surface area (Å²) in [6.07, 6.45) is 0.581. The fourth-order valence-corrected chi connectivity index (χ4v) is 8.56. The third kappa shape index (κ3) is 8.07. The van der Waals surface area contributed by atoms with E-state index in [9.17, 15) is 30.7 Å². The Bertz CT molecular complexity index is 1820.